The lowest BCUT2D eigenvalue weighted by Gasteiger charge is -2.33. The van der Waals surface area contributed by atoms with E-state index in [2.05, 4.69) is 13.5 Å². The number of sulfone groups is 1. The van der Waals surface area contributed by atoms with Crippen LogP contribution in [0.4, 0.5) is 0 Å². The lowest BCUT2D eigenvalue weighted by Crippen LogP contribution is -2.19. The van der Waals surface area contributed by atoms with Crippen molar-refractivity contribution < 1.29 is 8.42 Å². The van der Waals surface area contributed by atoms with Crippen molar-refractivity contribution in [2.24, 2.45) is 35.5 Å². The summed E-state index contributed by atoms with van der Waals surface area (Å²) in [7, 11) is -3.01. The van der Waals surface area contributed by atoms with E-state index < -0.39 is 9.84 Å². The van der Waals surface area contributed by atoms with Gasteiger partial charge in [0, 0.05) is 5.41 Å². The Morgan fingerprint density at radius 3 is 1.15 bits per heavy atom. The second-order valence-electron chi connectivity index (χ2n) is 12.6. The van der Waals surface area contributed by atoms with Gasteiger partial charge in [-0.3, -0.25) is 0 Å². The maximum absolute atomic E-state index is 11.6. The summed E-state index contributed by atoms with van der Waals surface area (Å²) in [5, 5.41) is 1.12. The molecule has 0 aromatic carbocycles. The average Bonchev–Trinajstić information content (AvgIpc) is 2.87. The SMILES string of the molecule is C=CS(=O)(=O)CCCC1CCC(CCC2CCC(CCC3CCC(CCCC)CC3)CC2)CC1. The summed E-state index contributed by atoms with van der Waals surface area (Å²) in [4.78, 5) is 0. The third-order valence-electron chi connectivity index (χ3n) is 10.1. The molecule has 0 spiro atoms. The van der Waals surface area contributed by atoms with Crippen LogP contribution in [0.15, 0.2) is 12.0 Å². The highest BCUT2D eigenvalue weighted by Crippen LogP contribution is 2.40. The summed E-state index contributed by atoms with van der Waals surface area (Å²) in [6, 6.07) is 0. The fourth-order valence-electron chi connectivity index (χ4n) is 7.52. The van der Waals surface area contributed by atoms with Gasteiger partial charge in [-0.05, 0) is 48.3 Å². The molecule has 3 rings (SSSR count). The first-order valence-electron chi connectivity index (χ1n) is 15.3. The lowest BCUT2D eigenvalue weighted by molar-refractivity contribution is 0.194. The zero-order valence-corrected chi connectivity index (χ0v) is 23.3. The van der Waals surface area contributed by atoms with Gasteiger partial charge in [0.1, 0.15) is 0 Å². The highest BCUT2D eigenvalue weighted by Gasteiger charge is 2.26. The predicted octanol–water partition coefficient (Wildman–Crippen LogP) is 9.49. The van der Waals surface area contributed by atoms with Crippen molar-refractivity contribution in [3.63, 3.8) is 0 Å². The van der Waals surface area contributed by atoms with Gasteiger partial charge in [-0.25, -0.2) is 8.42 Å². The number of rotatable bonds is 14. The summed E-state index contributed by atoms with van der Waals surface area (Å²) in [5.74, 6) is 6.15. The van der Waals surface area contributed by atoms with Crippen LogP contribution in [0.5, 0.6) is 0 Å². The summed E-state index contributed by atoms with van der Waals surface area (Å²) < 4.78 is 23.2. The Labute approximate surface area is 213 Å². The van der Waals surface area contributed by atoms with Crippen molar-refractivity contribution in [3.8, 4) is 0 Å². The van der Waals surface area contributed by atoms with Crippen molar-refractivity contribution in [3.05, 3.63) is 12.0 Å². The molecular formula is C31H56O2S. The Morgan fingerprint density at radius 2 is 0.853 bits per heavy atom. The second-order valence-corrected chi connectivity index (χ2v) is 14.7. The minimum absolute atomic E-state index is 0.291. The topological polar surface area (TPSA) is 34.1 Å². The molecule has 0 aliphatic heterocycles. The maximum Gasteiger partial charge on any atom is 0.171 e. The van der Waals surface area contributed by atoms with E-state index in [-0.39, 0.29) is 0 Å². The van der Waals surface area contributed by atoms with Gasteiger partial charge in [0.05, 0.1) is 5.75 Å². The molecule has 0 amide bonds. The van der Waals surface area contributed by atoms with Gasteiger partial charge in [-0.1, -0.05) is 135 Å². The lowest BCUT2D eigenvalue weighted by atomic mass is 9.73. The van der Waals surface area contributed by atoms with Crippen molar-refractivity contribution in [1.29, 1.82) is 0 Å². The zero-order chi connectivity index (χ0) is 24.2. The van der Waals surface area contributed by atoms with E-state index in [0.29, 0.717) is 5.75 Å². The average molecular weight is 493 g/mol. The molecular weight excluding hydrogens is 436 g/mol. The predicted molar refractivity (Wildman–Crippen MR) is 148 cm³/mol. The van der Waals surface area contributed by atoms with E-state index in [1.165, 1.54) is 122 Å². The van der Waals surface area contributed by atoms with Crippen LogP contribution in [0.3, 0.4) is 0 Å². The summed E-state index contributed by atoms with van der Waals surface area (Å²) in [5.41, 5.74) is 0. The smallest absolute Gasteiger partial charge is 0.171 e. The molecule has 3 aliphatic rings. The monoisotopic (exact) mass is 492 g/mol. The highest BCUT2D eigenvalue weighted by atomic mass is 32.2. The molecule has 0 unspecified atom stereocenters. The first-order chi connectivity index (χ1) is 16.5. The molecule has 2 nitrogen and oxygen atoms in total. The second kappa shape index (κ2) is 15.1. The van der Waals surface area contributed by atoms with E-state index in [4.69, 9.17) is 0 Å². The van der Waals surface area contributed by atoms with Gasteiger partial charge in [0.2, 0.25) is 0 Å². The van der Waals surface area contributed by atoms with Gasteiger partial charge in [0.25, 0.3) is 0 Å². The van der Waals surface area contributed by atoms with Gasteiger partial charge in [-0.15, -0.1) is 0 Å². The van der Waals surface area contributed by atoms with Gasteiger partial charge in [-0.2, -0.15) is 0 Å². The van der Waals surface area contributed by atoms with Crippen LogP contribution in [-0.4, -0.2) is 14.2 Å². The number of unbranched alkanes of at least 4 members (excludes halogenated alkanes) is 1. The largest absolute Gasteiger partial charge is 0.224 e. The fourth-order valence-corrected chi connectivity index (χ4v) is 8.25. The van der Waals surface area contributed by atoms with Crippen LogP contribution in [0, 0.1) is 35.5 Å². The molecule has 3 saturated carbocycles. The van der Waals surface area contributed by atoms with Gasteiger partial charge < -0.3 is 0 Å². The van der Waals surface area contributed by atoms with Gasteiger partial charge >= 0.3 is 0 Å². The first kappa shape index (κ1) is 28.3. The fraction of sp³-hybridized carbons (Fsp3) is 0.935. The molecule has 0 heterocycles. The first-order valence-corrected chi connectivity index (χ1v) is 17.0. The number of hydrogen-bond acceptors (Lipinski definition) is 2. The normalized spacial score (nSPS) is 33.0. The molecule has 3 aliphatic carbocycles. The van der Waals surface area contributed by atoms with Crippen LogP contribution in [0.25, 0.3) is 0 Å². The Balaban J connectivity index is 1.19. The zero-order valence-electron chi connectivity index (χ0n) is 22.5. The molecule has 3 fully saturated rings. The van der Waals surface area contributed by atoms with Crippen molar-refractivity contribution >= 4 is 9.84 Å². The molecule has 3 heteroatoms. The minimum atomic E-state index is -3.01. The summed E-state index contributed by atoms with van der Waals surface area (Å²) in [6.07, 6.45) is 29.7. The van der Waals surface area contributed by atoms with Crippen LogP contribution >= 0.6 is 0 Å². The molecule has 0 saturated heterocycles. The molecule has 0 N–H and O–H groups in total. The summed E-state index contributed by atoms with van der Waals surface area (Å²) >= 11 is 0. The molecule has 34 heavy (non-hydrogen) atoms. The molecule has 0 aromatic heterocycles. The highest BCUT2D eigenvalue weighted by molar-refractivity contribution is 7.94. The number of hydrogen-bond donors (Lipinski definition) is 0. The third-order valence-corrected chi connectivity index (χ3v) is 11.5. The van der Waals surface area contributed by atoms with Crippen LogP contribution in [-0.2, 0) is 9.84 Å². The third kappa shape index (κ3) is 10.4. The Bertz CT molecular complexity index is 645. The van der Waals surface area contributed by atoms with Crippen LogP contribution in [0.1, 0.15) is 142 Å². The standard InChI is InChI=1S/C31H56O2S/c1-3-5-7-26-9-13-28(14-10-26)17-19-30-21-23-31(24-22-30)20-18-29-15-11-27(12-16-29)8-6-25-34(32,33)4-2/h4,26-31H,2-3,5-25H2,1H3. The molecule has 0 aromatic rings. The Morgan fingerprint density at radius 1 is 0.559 bits per heavy atom. The molecule has 0 radical (unpaired) electrons. The molecule has 0 bridgehead atoms. The Kier molecular flexibility index (Phi) is 12.5. The van der Waals surface area contributed by atoms with Crippen molar-refractivity contribution in [2.75, 3.05) is 5.75 Å². The van der Waals surface area contributed by atoms with E-state index in [1.807, 2.05) is 0 Å². The quantitative estimate of drug-likeness (QED) is 0.242. The minimum Gasteiger partial charge on any atom is -0.224 e. The molecule has 198 valence electrons. The van der Waals surface area contributed by atoms with E-state index in [9.17, 15) is 8.42 Å². The van der Waals surface area contributed by atoms with Gasteiger partial charge in [0.15, 0.2) is 9.84 Å². The van der Waals surface area contributed by atoms with Crippen LogP contribution in [0.2, 0.25) is 0 Å². The van der Waals surface area contributed by atoms with E-state index in [0.717, 1.165) is 53.8 Å². The maximum atomic E-state index is 11.6. The van der Waals surface area contributed by atoms with E-state index >= 15 is 0 Å². The van der Waals surface area contributed by atoms with Crippen molar-refractivity contribution in [1.82, 2.24) is 0 Å². The van der Waals surface area contributed by atoms with E-state index in [1.54, 1.807) is 0 Å². The molecule has 0 atom stereocenters. The Hall–Kier alpha value is -0.310. The van der Waals surface area contributed by atoms with Crippen LogP contribution < -0.4 is 0 Å². The summed E-state index contributed by atoms with van der Waals surface area (Å²) in [6.45, 7) is 5.75. The van der Waals surface area contributed by atoms with Crippen molar-refractivity contribution in [2.45, 2.75) is 142 Å².